The van der Waals surface area contributed by atoms with Crippen LogP contribution in [0.25, 0.3) is 0 Å². The van der Waals surface area contributed by atoms with E-state index >= 15 is 0 Å². The summed E-state index contributed by atoms with van der Waals surface area (Å²) in [6.45, 7) is 4.66. The summed E-state index contributed by atoms with van der Waals surface area (Å²) >= 11 is 0. The Morgan fingerprint density at radius 1 is 1.16 bits per heavy atom. The predicted octanol–water partition coefficient (Wildman–Crippen LogP) is 4.49. The van der Waals surface area contributed by atoms with Crippen LogP contribution >= 0.6 is 0 Å². The lowest BCUT2D eigenvalue weighted by molar-refractivity contribution is -0.137. The molecule has 0 saturated heterocycles. The summed E-state index contributed by atoms with van der Waals surface area (Å²) in [4.78, 5) is 32.2. The fraction of sp³-hybridized carbons (Fsp3) is 0.385. The molecule has 3 aromatic rings. The summed E-state index contributed by atoms with van der Waals surface area (Å²) in [6, 6.07) is 5.51. The van der Waals surface area contributed by atoms with Gasteiger partial charge in [-0.25, -0.2) is 4.98 Å². The molecule has 1 N–H and O–H groups in total. The van der Waals surface area contributed by atoms with Crippen molar-refractivity contribution in [2.24, 2.45) is 5.92 Å². The highest BCUT2D eigenvalue weighted by molar-refractivity contribution is 6.07. The molecule has 0 fully saturated rings. The van der Waals surface area contributed by atoms with E-state index < -0.39 is 29.3 Å². The Morgan fingerprint density at radius 3 is 2.55 bits per heavy atom. The van der Waals surface area contributed by atoms with E-state index in [1.54, 1.807) is 4.68 Å². The number of hydrogen-bond donors (Lipinski definition) is 1. The maximum Gasteiger partial charge on any atom is 0.417 e. The number of alkyl halides is 3. The van der Waals surface area contributed by atoms with E-state index in [9.17, 15) is 22.8 Å². The lowest BCUT2D eigenvalue weighted by atomic mass is 10.00. The number of hydrogen-bond acceptors (Lipinski definition) is 6. The van der Waals surface area contributed by atoms with Crippen molar-refractivity contribution in [2.75, 3.05) is 25.7 Å². The third-order valence-corrected chi connectivity index (χ3v) is 6.17. The van der Waals surface area contributed by atoms with Crippen molar-refractivity contribution >= 4 is 17.5 Å². The van der Waals surface area contributed by atoms with E-state index in [1.807, 2.05) is 13.8 Å². The second-order valence-corrected chi connectivity index (χ2v) is 9.24. The van der Waals surface area contributed by atoms with E-state index in [0.29, 0.717) is 23.7 Å². The van der Waals surface area contributed by atoms with Crippen LogP contribution in [-0.4, -0.2) is 47.3 Å². The van der Waals surface area contributed by atoms with Crippen LogP contribution in [0.3, 0.4) is 0 Å². The monoisotopic (exact) mass is 531 g/mol. The molecule has 9 nitrogen and oxygen atoms in total. The van der Waals surface area contributed by atoms with Crippen molar-refractivity contribution in [2.45, 2.75) is 39.0 Å². The molecule has 0 aliphatic carbocycles. The second-order valence-electron chi connectivity index (χ2n) is 9.24. The molecule has 0 saturated carbocycles. The number of nitrogens with zero attached hydrogens (tertiary/aromatic N) is 4. The summed E-state index contributed by atoms with van der Waals surface area (Å²) in [6.07, 6.45) is -1.50. The molecule has 1 atom stereocenters. The van der Waals surface area contributed by atoms with Crippen molar-refractivity contribution < 1.29 is 32.2 Å². The van der Waals surface area contributed by atoms with Gasteiger partial charge in [-0.1, -0.05) is 26.0 Å². The first kappa shape index (κ1) is 27.0. The van der Waals surface area contributed by atoms with Gasteiger partial charge in [-0.15, -0.1) is 0 Å². The van der Waals surface area contributed by atoms with Crippen molar-refractivity contribution in [3.8, 4) is 11.6 Å². The molecule has 0 bridgehead atoms. The Balaban J connectivity index is 1.68. The highest BCUT2D eigenvalue weighted by atomic mass is 19.4. The summed E-state index contributed by atoms with van der Waals surface area (Å²) in [5, 5.41) is 7.19. The molecule has 1 aliphatic rings. The average Bonchev–Trinajstić information content (AvgIpc) is 3.30. The Kier molecular flexibility index (Phi) is 7.61. The molecular weight excluding hydrogens is 503 g/mol. The summed E-state index contributed by atoms with van der Waals surface area (Å²) in [5.74, 6) is -0.511. The molecule has 1 unspecified atom stereocenters. The highest BCUT2D eigenvalue weighted by Crippen LogP contribution is 2.37. The van der Waals surface area contributed by atoms with Crippen LogP contribution in [0.5, 0.6) is 11.6 Å². The maximum absolute atomic E-state index is 13.5. The lowest BCUT2D eigenvalue weighted by Gasteiger charge is -2.33. The van der Waals surface area contributed by atoms with Gasteiger partial charge in [0.25, 0.3) is 17.7 Å². The van der Waals surface area contributed by atoms with Crippen LogP contribution in [0, 0.1) is 5.92 Å². The molecule has 12 heteroatoms. The van der Waals surface area contributed by atoms with Gasteiger partial charge in [0, 0.05) is 25.4 Å². The van der Waals surface area contributed by atoms with E-state index in [1.165, 1.54) is 49.7 Å². The molecule has 4 rings (SSSR count). The lowest BCUT2D eigenvalue weighted by Crippen LogP contribution is -2.42. The molecule has 3 heterocycles. The minimum Gasteiger partial charge on any atom is -0.491 e. The van der Waals surface area contributed by atoms with Crippen LogP contribution < -0.4 is 19.7 Å². The first-order valence-electron chi connectivity index (χ1n) is 12.0. The van der Waals surface area contributed by atoms with Crippen molar-refractivity contribution in [1.29, 1.82) is 0 Å². The summed E-state index contributed by atoms with van der Waals surface area (Å²) in [5.41, 5.74) is -0.212. The number of halogens is 3. The number of pyridine rings is 1. The van der Waals surface area contributed by atoms with Crippen LogP contribution in [0.15, 0.2) is 42.7 Å². The van der Waals surface area contributed by atoms with Gasteiger partial charge in [-0.2, -0.15) is 18.3 Å². The number of amides is 2. The molecule has 1 aromatic carbocycles. The first-order chi connectivity index (χ1) is 18.0. The largest absolute Gasteiger partial charge is 0.491 e. The molecule has 38 heavy (non-hydrogen) atoms. The molecule has 1 aliphatic heterocycles. The molecule has 2 amide bonds. The van der Waals surface area contributed by atoms with Crippen LogP contribution in [0.4, 0.5) is 18.9 Å². The number of carbonyl (C=O) groups is 2. The van der Waals surface area contributed by atoms with Gasteiger partial charge in [0.05, 0.1) is 54.5 Å². The third-order valence-electron chi connectivity index (χ3n) is 6.17. The van der Waals surface area contributed by atoms with Gasteiger partial charge in [-0.05, 0) is 24.5 Å². The number of aromatic nitrogens is 3. The summed E-state index contributed by atoms with van der Waals surface area (Å²) in [7, 11) is 2.88. The third kappa shape index (κ3) is 5.29. The van der Waals surface area contributed by atoms with Gasteiger partial charge < -0.3 is 19.7 Å². The van der Waals surface area contributed by atoms with Crippen LogP contribution in [0.2, 0.25) is 0 Å². The number of carbonyl (C=O) groups excluding carboxylic acids is 2. The fourth-order valence-electron chi connectivity index (χ4n) is 4.48. The standard InChI is InChI=1S/C26H28F3N5O4/c1-15(2)14-34-22-19(32-23(35)17-7-5-6-8-18(17)26(27,28)29)9-10-33(20(22)13-31-34)25(36)16-11-21(37-3)24(38-4)30-12-16/h5-8,11-13,15,19H,9-10,14H2,1-4H3,(H,32,35). The molecule has 202 valence electrons. The average molecular weight is 532 g/mol. The zero-order chi connectivity index (χ0) is 27.6. The SMILES string of the molecule is COc1cc(C(=O)N2CCC(NC(=O)c3ccccc3C(F)(F)F)c3c2cnn3CC(C)C)cnc1OC. The number of ether oxygens (including phenoxy) is 2. The zero-order valence-electron chi connectivity index (χ0n) is 21.4. The van der Waals surface area contributed by atoms with E-state index in [2.05, 4.69) is 15.4 Å². The van der Waals surface area contributed by atoms with Crippen molar-refractivity contribution in [3.05, 3.63) is 65.1 Å². The van der Waals surface area contributed by atoms with Crippen LogP contribution in [0.1, 0.15) is 58.3 Å². The topological polar surface area (TPSA) is 98.6 Å². The predicted molar refractivity (Wildman–Crippen MR) is 132 cm³/mol. The first-order valence-corrected chi connectivity index (χ1v) is 12.0. The number of benzene rings is 1. The normalized spacial score (nSPS) is 15.3. The number of fused-ring (bicyclic) bond motifs is 1. The van der Waals surface area contributed by atoms with Gasteiger partial charge in [-0.3, -0.25) is 14.3 Å². The van der Waals surface area contributed by atoms with Gasteiger partial charge >= 0.3 is 6.18 Å². The smallest absolute Gasteiger partial charge is 0.417 e. The number of rotatable bonds is 7. The second kappa shape index (κ2) is 10.7. The van der Waals surface area contributed by atoms with Gasteiger partial charge in [0.2, 0.25) is 0 Å². The zero-order valence-corrected chi connectivity index (χ0v) is 21.4. The fourth-order valence-corrected chi connectivity index (χ4v) is 4.48. The quantitative estimate of drug-likeness (QED) is 0.483. The summed E-state index contributed by atoms with van der Waals surface area (Å²) < 4.78 is 52.7. The van der Waals surface area contributed by atoms with E-state index in [4.69, 9.17) is 9.47 Å². The maximum atomic E-state index is 13.5. The van der Waals surface area contributed by atoms with E-state index in [0.717, 1.165) is 12.1 Å². The Hall–Kier alpha value is -4.09. The number of methoxy groups -OCH3 is 2. The van der Waals surface area contributed by atoms with Gasteiger partial charge in [0.15, 0.2) is 5.75 Å². The molecular formula is C26H28F3N5O4. The Bertz CT molecular complexity index is 1340. The van der Waals surface area contributed by atoms with Gasteiger partial charge in [0.1, 0.15) is 0 Å². The minimum atomic E-state index is -4.68. The Morgan fingerprint density at radius 2 is 1.89 bits per heavy atom. The Labute approximate surface area is 217 Å². The number of nitrogens with one attached hydrogen (secondary N) is 1. The van der Waals surface area contributed by atoms with Crippen molar-refractivity contribution in [1.82, 2.24) is 20.1 Å². The molecule has 0 radical (unpaired) electrons. The highest BCUT2D eigenvalue weighted by Gasteiger charge is 2.38. The molecule has 0 spiro atoms. The molecule has 2 aromatic heterocycles. The van der Waals surface area contributed by atoms with E-state index in [-0.39, 0.29) is 36.2 Å². The number of anilines is 1. The minimum absolute atomic E-state index is 0.183. The van der Waals surface area contributed by atoms with Crippen LogP contribution in [-0.2, 0) is 12.7 Å². The van der Waals surface area contributed by atoms with Crippen molar-refractivity contribution in [3.63, 3.8) is 0 Å².